The Balaban J connectivity index is 2.76. The number of likely N-dealkylation sites (N-methyl/N-ethyl adjacent to an activating group) is 1. The third-order valence-electron chi connectivity index (χ3n) is 2.96. The third kappa shape index (κ3) is 4.58. The molecule has 0 saturated heterocycles. The zero-order chi connectivity index (χ0) is 13.5. The fraction of sp³-hybridized carbons (Fsp3) is 0.571. The van der Waals surface area contributed by atoms with E-state index in [1.165, 1.54) is 0 Å². The van der Waals surface area contributed by atoms with Gasteiger partial charge in [-0.1, -0.05) is 23.7 Å². The smallest absolute Gasteiger partial charge is 0.0593 e. The Kier molecular flexibility index (Phi) is 6.65. The first-order valence-electron chi connectivity index (χ1n) is 6.35. The van der Waals surface area contributed by atoms with Crippen molar-refractivity contribution in [2.45, 2.75) is 25.9 Å². The normalized spacial score (nSPS) is 14.8. The van der Waals surface area contributed by atoms with E-state index in [0.29, 0.717) is 0 Å². The maximum atomic E-state index is 6.10. The van der Waals surface area contributed by atoms with Crippen molar-refractivity contribution < 1.29 is 4.74 Å². The van der Waals surface area contributed by atoms with Crippen molar-refractivity contribution in [1.82, 2.24) is 4.90 Å². The van der Waals surface area contributed by atoms with Gasteiger partial charge < -0.3 is 10.5 Å². The van der Waals surface area contributed by atoms with Crippen LogP contribution in [-0.2, 0) is 4.74 Å². The minimum absolute atomic E-state index is 0.0371. The van der Waals surface area contributed by atoms with Gasteiger partial charge in [0.1, 0.15) is 0 Å². The minimum atomic E-state index is 0.0371. The standard InChI is InChI=1S/C14H23ClN2O/c1-4-18-9-8-17(3)14(11(2)16)12-6-5-7-13(15)10-12/h5-7,10-11,14H,4,8-9,16H2,1-3H3. The minimum Gasteiger partial charge on any atom is -0.380 e. The molecule has 2 N–H and O–H groups in total. The Morgan fingerprint density at radius 3 is 2.72 bits per heavy atom. The predicted octanol–water partition coefficient (Wildman–Crippen LogP) is 2.70. The molecule has 102 valence electrons. The largest absolute Gasteiger partial charge is 0.380 e. The molecule has 1 rings (SSSR count). The lowest BCUT2D eigenvalue weighted by Gasteiger charge is -2.31. The first-order valence-corrected chi connectivity index (χ1v) is 6.73. The summed E-state index contributed by atoms with van der Waals surface area (Å²) in [6, 6.07) is 8.08. The molecule has 18 heavy (non-hydrogen) atoms. The van der Waals surface area contributed by atoms with Crippen LogP contribution in [0.1, 0.15) is 25.5 Å². The Morgan fingerprint density at radius 1 is 1.44 bits per heavy atom. The highest BCUT2D eigenvalue weighted by atomic mass is 35.5. The van der Waals surface area contributed by atoms with Gasteiger partial charge in [0.05, 0.1) is 6.61 Å². The average molecular weight is 271 g/mol. The van der Waals surface area contributed by atoms with Crippen LogP contribution in [-0.4, -0.2) is 37.7 Å². The summed E-state index contributed by atoms with van der Waals surface area (Å²) < 4.78 is 5.39. The van der Waals surface area contributed by atoms with Gasteiger partial charge in [0, 0.05) is 30.3 Å². The van der Waals surface area contributed by atoms with Gasteiger partial charge in [-0.3, -0.25) is 4.90 Å². The maximum absolute atomic E-state index is 6.10. The van der Waals surface area contributed by atoms with E-state index in [1.54, 1.807) is 0 Å². The highest BCUT2D eigenvalue weighted by Crippen LogP contribution is 2.24. The molecule has 0 amide bonds. The van der Waals surface area contributed by atoms with E-state index >= 15 is 0 Å². The first-order chi connectivity index (χ1) is 8.56. The molecular formula is C14H23ClN2O. The summed E-state index contributed by atoms with van der Waals surface area (Å²) >= 11 is 6.04. The molecule has 0 fully saturated rings. The maximum Gasteiger partial charge on any atom is 0.0593 e. The Hall–Kier alpha value is -0.610. The molecule has 0 aliphatic rings. The zero-order valence-electron chi connectivity index (χ0n) is 11.4. The molecule has 1 aromatic rings. The second kappa shape index (κ2) is 7.74. The molecule has 0 bridgehead atoms. The first kappa shape index (κ1) is 15.4. The van der Waals surface area contributed by atoms with E-state index in [9.17, 15) is 0 Å². The summed E-state index contributed by atoms with van der Waals surface area (Å²) in [5, 5.41) is 0.747. The Bertz CT molecular complexity index is 357. The van der Waals surface area contributed by atoms with Crippen LogP contribution >= 0.6 is 11.6 Å². The van der Waals surface area contributed by atoms with Crippen LogP contribution in [0.2, 0.25) is 5.02 Å². The summed E-state index contributed by atoms with van der Waals surface area (Å²) in [5.74, 6) is 0. The molecule has 0 spiro atoms. The molecule has 0 aliphatic heterocycles. The lowest BCUT2D eigenvalue weighted by molar-refractivity contribution is 0.102. The summed E-state index contributed by atoms with van der Waals surface area (Å²) in [7, 11) is 2.06. The number of rotatable bonds is 7. The van der Waals surface area contributed by atoms with Crippen molar-refractivity contribution in [3.63, 3.8) is 0 Å². The van der Waals surface area contributed by atoms with E-state index in [0.717, 1.165) is 30.3 Å². The molecule has 2 atom stereocenters. The molecular weight excluding hydrogens is 248 g/mol. The predicted molar refractivity (Wildman–Crippen MR) is 77.0 cm³/mol. The second-order valence-corrected chi connectivity index (χ2v) is 4.97. The number of benzene rings is 1. The van der Waals surface area contributed by atoms with Crippen molar-refractivity contribution in [3.8, 4) is 0 Å². The Morgan fingerprint density at radius 2 is 2.17 bits per heavy atom. The van der Waals surface area contributed by atoms with Gasteiger partial charge in [-0.2, -0.15) is 0 Å². The van der Waals surface area contributed by atoms with Gasteiger partial charge in [-0.25, -0.2) is 0 Å². The number of halogens is 1. The topological polar surface area (TPSA) is 38.5 Å². The zero-order valence-corrected chi connectivity index (χ0v) is 12.2. The lowest BCUT2D eigenvalue weighted by Crippen LogP contribution is -2.38. The van der Waals surface area contributed by atoms with E-state index in [1.807, 2.05) is 32.0 Å². The summed E-state index contributed by atoms with van der Waals surface area (Å²) in [4.78, 5) is 2.21. The van der Waals surface area contributed by atoms with E-state index in [4.69, 9.17) is 22.1 Å². The summed E-state index contributed by atoms with van der Waals surface area (Å²) in [6.45, 7) is 6.33. The summed E-state index contributed by atoms with van der Waals surface area (Å²) in [6.07, 6.45) is 0. The van der Waals surface area contributed by atoms with Crippen molar-refractivity contribution in [2.75, 3.05) is 26.8 Å². The second-order valence-electron chi connectivity index (χ2n) is 4.54. The number of nitrogens with two attached hydrogens (primary N) is 1. The van der Waals surface area contributed by atoms with E-state index in [2.05, 4.69) is 18.0 Å². The van der Waals surface area contributed by atoms with Gasteiger partial charge in [0.15, 0.2) is 0 Å². The molecule has 1 aromatic carbocycles. The van der Waals surface area contributed by atoms with Gasteiger partial charge in [-0.15, -0.1) is 0 Å². The number of ether oxygens (including phenoxy) is 1. The van der Waals surface area contributed by atoms with Crippen LogP contribution in [0.15, 0.2) is 24.3 Å². The lowest BCUT2D eigenvalue weighted by atomic mass is 10.00. The number of hydrogen-bond donors (Lipinski definition) is 1. The van der Waals surface area contributed by atoms with Crippen LogP contribution in [0.5, 0.6) is 0 Å². The average Bonchev–Trinajstić information content (AvgIpc) is 2.29. The molecule has 4 heteroatoms. The Labute approximate surface area is 115 Å². The summed E-state index contributed by atoms with van der Waals surface area (Å²) in [5.41, 5.74) is 7.25. The number of hydrogen-bond acceptors (Lipinski definition) is 3. The van der Waals surface area contributed by atoms with Crippen LogP contribution in [0.4, 0.5) is 0 Å². The van der Waals surface area contributed by atoms with Gasteiger partial charge >= 0.3 is 0 Å². The SMILES string of the molecule is CCOCCN(C)C(c1cccc(Cl)c1)C(C)N. The van der Waals surface area contributed by atoms with Crippen LogP contribution in [0.25, 0.3) is 0 Å². The van der Waals surface area contributed by atoms with Crippen molar-refractivity contribution in [3.05, 3.63) is 34.9 Å². The highest BCUT2D eigenvalue weighted by molar-refractivity contribution is 6.30. The molecule has 0 saturated carbocycles. The van der Waals surface area contributed by atoms with Gasteiger partial charge in [0.25, 0.3) is 0 Å². The van der Waals surface area contributed by atoms with Gasteiger partial charge in [0.2, 0.25) is 0 Å². The molecule has 0 radical (unpaired) electrons. The molecule has 0 heterocycles. The number of nitrogens with zero attached hydrogens (tertiary/aromatic N) is 1. The molecule has 2 unspecified atom stereocenters. The van der Waals surface area contributed by atoms with Crippen molar-refractivity contribution in [1.29, 1.82) is 0 Å². The van der Waals surface area contributed by atoms with Crippen molar-refractivity contribution >= 4 is 11.6 Å². The molecule has 0 aromatic heterocycles. The van der Waals surface area contributed by atoms with Crippen LogP contribution in [0.3, 0.4) is 0 Å². The van der Waals surface area contributed by atoms with E-state index < -0.39 is 0 Å². The third-order valence-corrected chi connectivity index (χ3v) is 3.19. The van der Waals surface area contributed by atoms with Crippen molar-refractivity contribution in [2.24, 2.45) is 5.73 Å². The molecule has 3 nitrogen and oxygen atoms in total. The fourth-order valence-corrected chi connectivity index (χ4v) is 2.34. The van der Waals surface area contributed by atoms with E-state index in [-0.39, 0.29) is 12.1 Å². The quantitative estimate of drug-likeness (QED) is 0.775. The fourth-order valence-electron chi connectivity index (χ4n) is 2.14. The monoisotopic (exact) mass is 270 g/mol. The molecule has 0 aliphatic carbocycles. The van der Waals surface area contributed by atoms with Crippen LogP contribution < -0.4 is 5.73 Å². The van der Waals surface area contributed by atoms with Crippen LogP contribution in [0, 0.1) is 0 Å². The van der Waals surface area contributed by atoms with Gasteiger partial charge in [-0.05, 0) is 38.6 Å². The highest BCUT2D eigenvalue weighted by Gasteiger charge is 2.21.